The Balaban J connectivity index is 0.000000340. The molecule has 4 aromatic rings. The summed E-state index contributed by atoms with van der Waals surface area (Å²) in [6.45, 7) is 0. The molecule has 0 spiro atoms. The van der Waals surface area contributed by atoms with E-state index in [0.29, 0.717) is 0 Å². The van der Waals surface area contributed by atoms with E-state index in [9.17, 15) is 17.3 Å². The molecular formula is C42H46BF4P2Rh+. The first-order valence-electron chi connectivity index (χ1n) is 17.6. The first-order valence-corrected chi connectivity index (χ1v) is 21.3. The molecule has 263 valence electrons. The van der Waals surface area contributed by atoms with Crippen molar-refractivity contribution in [1.29, 1.82) is 0 Å². The molecule has 0 aromatic heterocycles. The molecule has 0 saturated carbocycles. The zero-order valence-corrected chi connectivity index (χ0v) is 32.0. The fourth-order valence-corrected chi connectivity index (χ4v) is 17.1. The molecule has 0 unspecified atom stereocenters. The second-order valence-corrected chi connectivity index (χ2v) is 18.9. The van der Waals surface area contributed by atoms with Crippen LogP contribution >= 0.6 is 15.8 Å². The van der Waals surface area contributed by atoms with Gasteiger partial charge in [-0.3, -0.25) is 0 Å². The third kappa shape index (κ3) is 12.5. The molecule has 0 bridgehead atoms. The molecule has 50 heavy (non-hydrogen) atoms. The second kappa shape index (κ2) is 21.0. The van der Waals surface area contributed by atoms with Crippen LogP contribution in [0.15, 0.2) is 121 Å². The van der Waals surface area contributed by atoms with Crippen molar-refractivity contribution in [3.63, 3.8) is 0 Å². The monoisotopic (exact) mass is 802 g/mol. The normalized spacial score (nSPS) is 21.6. The zero-order chi connectivity index (χ0) is 34.3. The molecule has 0 nitrogen and oxygen atoms in total. The molecule has 2 saturated heterocycles. The van der Waals surface area contributed by atoms with Gasteiger partial charge >= 0.3 is 7.25 Å². The Morgan fingerprint density at radius 2 is 0.620 bits per heavy atom. The summed E-state index contributed by atoms with van der Waals surface area (Å²) >= 11 is 0. The van der Waals surface area contributed by atoms with Gasteiger partial charge in [0.05, 0.1) is 35.0 Å². The minimum absolute atomic E-state index is 0. The van der Waals surface area contributed by atoms with Gasteiger partial charge in [-0.05, 0) is 47.9 Å². The molecule has 0 N–H and O–H groups in total. The Labute approximate surface area is 312 Å². The first kappa shape index (κ1) is 40.0. The third-order valence-electron chi connectivity index (χ3n) is 9.79. The summed E-state index contributed by atoms with van der Waals surface area (Å²) in [6.07, 6.45) is 12.2. The molecule has 8 heteroatoms. The van der Waals surface area contributed by atoms with Gasteiger partial charge < -0.3 is 17.3 Å². The molecule has 1 radical (unpaired) electrons. The molecule has 2 heterocycles. The van der Waals surface area contributed by atoms with Gasteiger partial charge in [-0.25, -0.2) is 0 Å². The van der Waals surface area contributed by atoms with Gasteiger partial charge in [-0.1, -0.05) is 121 Å². The summed E-state index contributed by atoms with van der Waals surface area (Å²) in [5.74, 6) is 12.1. The summed E-state index contributed by atoms with van der Waals surface area (Å²) in [7, 11) is -7.13. The predicted octanol–water partition coefficient (Wildman–Crippen LogP) is 12.8. The van der Waals surface area contributed by atoms with E-state index in [1.807, 2.05) is 0 Å². The SMILES string of the molecule is C1#CCCC#CCC1.F[B-](F)(F)F.[Rh].c1ccc([C@@H]2CC[C@@H](c3ccccc3)[PH+]2CC[PH+]2[C@H](c3ccccc3)CC[C@H]2c2ccccc2)cc1. The maximum atomic E-state index is 9.75. The topological polar surface area (TPSA) is 0 Å². The van der Waals surface area contributed by atoms with Crippen LogP contribution in [0.3, 0.4) is 0 Å². The quantitative estimate of drug-likeness (QED) is 0.0756. The number of rotatable bonds is 7. The van der Waals surface area contributed by atoms with Crippen molar-refractivity contribution < 1.29 is 36.7 Å². The van der Waals surface area contributed by atoms with E-state index in [4.69, 9.17) is 0 Å². The van der Waals surface area contributed by atoms with E-state index in [0.717, 1.165) is 48.3 Å². The minimum Gasteiger partial charge on any atom is -0.418 e. The molecule has 4 atom stereocenters. The standard InChI is InChI=1S/C34H36P2.C8H8.BF4.Rh/c1-5-13-27(14-6-1)31-21-22-32(28-15-7-2-8-16-28)35(31)25-26-36-33(29-17-9-3-10-18-29)23-24-34(36)30-19-11-4-12-20-30;1-2-4-6-8-7-5-3-1;2-1(3,4)5;/h1-20,31-34H,21-26H2;1-2,7-8H2;;/q;;-1;/p+2/t31-,32-,33-,34-;;;/m0.../s1. The van der Waals surface area contributed by atoms with E-state index in [1.165, 1.54) is 38.0 Å². The minimum atomic E-state index is -6.00. The zero-order valence-electron chi connectivity index (χ0n) is 28.4. The van der Waals surface area contributed by atoms with Crippen LogP contribution in [-0.2, 0) is 19.5 Å². The van der Waals surface area contributed by atoms with Crippen LogP contribution < -0.4 is 0 Å². The summed E-state index contributed by atoms with van der Waals surface area (Å²) in [5.41, 5.74) is 9.57. The molecule has 1 aliphatic carbocycles. The molecule has 4 aromatic carbocycles. The van der Waals surface area contributed by atoms with E-state index in [1.54, 1.807) is 22.3 Å². The van der Waals surface area contributed by atoms with Crippen molar-refractivity contribution in [3.8, 4) is 23.7 Å². The first-order chi connectivity index (χ1) is 23.9. The smallest absolute Gasteiger partial charge is 0.418 e. The van der Waals surface area contributed by atoms with Gasteiger partial charge in [0.25, 0.3) is 0 Å². The van der Waals surface area contributed by atoms with Gasteiger partial charge in [-0.2, -0.15) is 0 Å². The van der Waals surface area contributed by atoms with Gasteiger partial charge in [-0.15, -0.1) is 23.7 Å². The summed E-state index contributed by atoms with van der Waals surface area (Å²) in [4.78, 5) is 0. The van der Waals surface area contributed by atoms with E-state index < -0.39 is 23.1 Å². The van der Waals surface area contributed by atoms with Crippen molar-refractivity contribution in [1.82, 2.24) is 0 Å². The van der Waals surface area contributed by atoms with E-state index >= 15 is 0 Å². The van der Waals surface area contributed by atoms with Gasteiger partial charge in [0, 0.05) is 61.0 Å². The number of benzene rings is 4. The molecule has 2 fully saturated rings. The molecule has 7 rings (SSSR count). The maximum Gasteiger partial charge on any atom is 0.673 e. The average Bonchev–Trinajstić information content (AvgIpc) is 3.73. The van der Waals surface area contributed by atoms with Gasteiger partial charge in [0.2, 0.25) is 0 Å². The van der Waals surface area contributed by atoms with Crippen molar-refractivity contribution in [2.45, 2.75) is 74.0 Å². The van der Waals surface area contributed by atoms with Crippen LogP contribution in [0, 0.1) is 23.7 Å². The molecular weight excluding hydrogens is 756 g/mol. The van der Waals surface area contributed by atoms with Crippen LogP contribution in [0.25, 0.3) is 0 Å². The second-order valence-electron chi connectivity index (χ2n) is 12.9. The molecule has 0 amide bonds. The van der Waals surface area contributed by atoms with E-state index in [2.05, 4.69) is 145 Å². The van der Waals surface area contributed by atoms with Gasteiger partial charge in [0.1, 0.15) is 0 Å². The van der Waals surface area contributed by atoms with Crippen LogP contribution in [0.5, 0.6) is 0 Å². The number of halogens is 4. The predicted molar refractivity (Wildman–Crippen MR) is 206 cm³/mol. The Bertz CT molecular complexity index is 1430. The van der Waals surface area contributed by atoms with Crippen molar-refractivity contribution in [2.75, 3.05) is 12.3 Å². The summed E-state index contributed by atoms with van der Waals surface area (Å²) < 4.78 is 39.0. The fraction of sp³-hybridized carbons (Fsp3) is 0.333. The van der Waals surface area contributed by atoms with Crippen LogP contribution in [0.2, 0.25) is 0 Å². The fourth-order valence-electron chi connectivity index (χ4n) is 7.75. The molecule has 3 aliphatic rings. The number of hydrogen-bond acceptors (Lipinski definition) is 0. The Hall–Kier alpha value is -2.73. The average molecular weight is 802 g/mol. The van der Waals surface area contributed by atoms with Crippen molar-refractivity contribution in [3.05, 3.63) is 144 Å². The summed E-state index contributed by atoms with van der Waals surface area (Å²) in [5, 5.41) is 0. The van der Waals surface area contributed by atoms with E-state index in [-0.39, 0.29) is 19.5 Å². The molecule has 2 aliphatic heterocycles. The Kier molecular flexibility index (Phi) is 16.8. The van der Waals surface area contributed by atoms with Crippen LogP contribution in [0.1, 0.15) is 96.3 Å². The number of hydrogen-bond donors (Lipinski definition) is 0. The van der Waals surface area contributed by atoms with Crippen LogP contribution in [0.4, 0.5) is 17.3 Å². The van der Waals surface area contributed by atoms with Crippen molar-refractivity contribution >= 4 is 23.1 Å². The summed E-state index contributed by atoms with van der Waals surface area (Å²) in [6, 6.07) is 46.0. The van der Waals surface area contributed by atoms with Crippen molar-refractivity contribution in [2.24, 2.45) is 0 Å². The Morgan fingerprint density at radius 1 is 0.420 bits per heavy atom. The van der Waals surface area contributed by atoms with Gasteiger partial charge in [0.15, 0.2) is 0 Å². The van der Waals surface area contributed by atoms with Crippen LogP contribution in [-0.4, -0.2) is 19.6 Å². The maximum absolute atomic E-state index is 9.75. The Morgan fingerprint density at radius 3 is 0.820 bits per heavy atom. The third-order valence-corrected chi connectivity index (χ3v) is 18.0. The largest absolute Gasteiger partial charge is 0.673 e.